The molecule has 1 unspecified atom stereocenters. The van der Waals surface area contributed by atoms with Crippen LogP contribution in [-0.2, 0) is 12.1 Å². The lowest BCUT2D eigenvalue weighted by Crippen LogP contribution is -2.35. The van der Waals surface area contributed by atoms with Gasteiger partial charge in [0, 0.05) is 19.3 Å². The normalized spacial score (nSPS) is 13.6. The summed E-state index contributed by atoms with van der Waals surface area (Å²) in [7, 11) is 0. The molecule has 24 heavy (non-hydrogen) atoms. The second kappa shape index (κ2) is 6.40. The predicted octanol–water partition coefficient (Wildman–Crippen LogP) is 2.34. The van der Waals surface area contributed by atoms with Gasteiger partial charge in [-0.3, -0.25) is 0 Å². The van der Waals surface area contributed by atoms with E-state index in [1.54, 1.807) is 43.6 Å². The minimum absolute atomic E-state index is 0.295. The van der Waals surface area contributed by atoms with Crippen molar-refractivity contribution in [1.82, 2.24) is 14.7 Å². The van der Waals surface area contributed by atoms with Crippen LogP contribution in [0.1, 0.15) is 23.7 Å². The van der Waals surface area contributed by atoms with E-state index in [1.807, 2.05) is 4.40 Å². The molecule has 0 aliphatic heterocycles. The van der Waals surface area contributed by atoms with Crippen molar-refractivity contribution >= 4 is 5.65 Å². The Labute approximate surface area is 139 Å². The first-order valence-corrected chi connectivity index (χ1v) is 7.55. The number of pyridine rings is 1. The van der Waals surface area contributed by atoms with Crippen molar-refractivity contribution in [3.05, 3.63) is 71.4 Å². The van der Waals surface area contributed by atoms with Crippen LogP contribution < -0.4 is 5.32 Å². The number of aromatic nitrogens is 2. The quantitative estimate of drug-likeness (QED) is 0.755. The summed E-state index contributed by atoms with van der Waals surface area (Å²) in [5.74, 6) is -0.332. The lowest BCUT2D eigenvalue weighted by Gasteiger charge is -2.24. The largest absolute Gasteiger partial charge is 0.384 e. The molecule has 6 heteroatoms. The predicted molar refractivity (Wildman–Crippen MR) is 87.6 cm³/mol. The number of nitrogens with zero attached hydrogens (tertiary/aromatic N) is 3. The summed E-state index contributed by atoms with van der Waals surface area (Å²) in [4.78, 5) is 4.29. The Morgan fingerprint density at radius 3 is 2.75 bits per heavy atom. The highest BCUT2D eigenvalue weighted by molar-refractivity contribution is 5.44. The highest BCUT2D eigenvalue weighted by atomic mass is 19.1. The van der Waals surface area contributed by atoms with Crippen molar-refractivity contribution in [2.75, 3.05) is 6.54 Å². The maximum absolute atomic E-state index is 13.0. The van der Waals surface area contributed by atoms with Crippen LogP contribution in [0.5, 0.6) is 0 Å². The summed E-state index contributed by atoms with van der Waals surface area (Å²) < 4.78 is 14.8. The number of hydrogen-bond acceptors (Lipinski definition) is 4. The SMILES string of the molecule is CC(O)(CNCc1cnc2ccc(C#N)cn12)c1ccc(F)cc1. The zero-order valence-electron chi connectivity index (χ0n) is 13.2. The number of rotatable bonds is 5. The van der Waals surface area contributed by atoms with Crippen LogP contribution in [0.15, 0.2) is 48.8 Å². The molecule has 1 atom stereocenters. The van der Waals surface area contributed by atoms with Gasteiger partial charge in [-0.15, -0.1) is 0 Å². The summed E-state index contributed by atoms with van der Waals surface area (Å²) >= 11 is 0. The average molecular weight is 324 g/mol. The molecule has 2 N–H and O–H groups in total. The summed E-state index contributed by atoms with van der Waals surface area (Å²) in [6.07, 6.45) is 3.47. The van der Waals surface area contributed by atoms with E-state index in [1.165, 1.54) is 12.1 Å². The van der Waals surface area contributed by atoms with Gasteiger partial charge in [0.2, 0.25) is 0 Å². The molecule has 1 aromatic carbocycles. The van der Waals surface area contributed by atoms with Gasteiger partial charge in [0.1, 0.15) is 17.5 Å². The fraction of sp³-hybridized carbons (Fsp3) is 0.222. The second-order valence-corrected chi connectivity index (χ2v) is 5.89. The minimum Gasteiger partial charge on any atom is -0.384 e. The third-order valence-electron chi connectivity index (χ3n) is 3.95. The second-order valence-electron chi connectivity index (χ2n) is 5.89. The number of nitrogens with one attached hydrogen (secondary N) is 1. The van der Waals surface area contributed by atoms with E-state index in [-0.39, 0.29) is 5.82 Å². The van der Waals surface area contributed by atoms with Crippen molar-refractivity contribution in [3.8, 4) is 6.07 Å². The molecule has 122 valence electrons. The van der Waals surface area contributed by atoms with Crippen LogP contribution in [0, 0.1) is 17.1 Å². The molecule has 0 aliphatic rings. The van der Waals surface area contributed by atoms with Gasteiger partial charge in [0.15, 0.2) is 0 Å². The monoisotopic (exact) mass is 324 g/mol. The van der Waals surface area contributed by atoms with E-state index in [0.717, 1.165) is 11.3 Å². The zero-order chi connectivity index (χ0) is 17.2. The molecule has 0 amide bonds. The number of aliphatic hydroxyl groups is 1. The fourth-order valence-corrected chi connectivity index (χ4v) is 2.57. The third-order valence-corrected chi connectivity index (χ3v) is 3.95. The Balaban J connectivity index is 1.70. The molecule has 0 radical (unpaired) electrons. The Morgan fingerprint density at radius 2 is 2.04 bits per heavy atom. The number of hydrogen-bond donors (Lipinski definition) is 2. The summed E-state index contributed by atoms with van der Waals surface area (Å²) in [6, 6.07) is 11.4. The molecule has 2 heterocycles. The minimum atomic E-state index is -1.12. The maximum atomic E-state index is 13.0. The van der Waals surface area contributed by atoms with Gasteiger partial charge in [0.05, 0.1) is 23.1 Å². The Morgan fingerprint density at radius 1 is 1.29 bits per heavy atom. The van der Waals surface area contributed by atoms with Crippen LogP contribution in [0.3, 0.4) is 0 Å². The van der Waals surface area contributed by atoms with Crippen molar-refractivity contribution in [1.29, 1.82) is 5.26 Å². The van der Waals surface area contributed by atoms with E-state index in [9.17, 15) is 9.50 Å². The summed E-state index contributed by atoms with van der Waals surface area (Å²) in [6.45, 7) is 2.45. The number of halogens is 1. The molecule has 0 spiro atoms. The van der Waals surface area contributed by atoms with Crippen molar-refractivity contribution < 1.29 is 9.50 Å². The highest BCUT2D eigenvalue weighted by Crippen LogP contribution is 2.20. The van der Waals surface area contributed by atoms with Crippen LogP contribution >= 0.6 is 0 Å². The lowest BCUT2D eigenvalue weighted by atomic mass is 9.96. The van der Waals surface area contributed by atoms with Crippen molar-refractivity contribution in [2.24, 2.45) is 0 Å². The maximum Gasteiger partial charge on any atom is 0.137 e. The standard InChI is InChI=1S/C18H17FN4O/c1-18(24,14-3-5-15(19)6-4-14)12-21-9-16-10-22-17-7-2-13(8-20)11-23(16)17/h2-7,10-11,21,24H,9,12H2,1H3. The summed E-state index contributed by atoms with van der Waals surface area (Å²) in [5.41, 5.74) is 1.72. The molecule has 2 aromatic heterocycles. The van der Waals surface area contributed by atoms with E-state index >= 15 is 0 Å². The van der Waals surface area contributed by atoms with Gasteiger partial charge in [0.25, 0.3) is 0 Å². The van der Waals surface area contributed by atoms with Gasteiger partial charge >= 0.3 is 0 Å². The molecular formula is C18H17FN4O. The molecule has 3 aromatic rings. The van der Waals surface area contributed by atoms with E-state index in [2.05, 4.69) is 16.4 Å². The van der Waals surface area contributed by atoms with Gasteiger partial charge in [-0.1, -0.05) is 12.1 Å². The average Bonchev–Trinajstić information content (AvgIpc) is 2.97. The molecule has 0 fully saturated rings. The zero-order valence-corrected chi connectivity index (χ0v) is 13.2. The van der Waals surface area contributed by atoms with Crippen LogP contribution in [-0.4, -0.2) is 21.0 Å². The van der Waals surface area contributed by atoms with Crippen molar-refractivity contribution in [3.63, 3.8) is 0 Å². The van der Waals surface area contributed by atoms with E-state index in [0.29, 0.717) is 24.2 Å². The van der Waals surface area contributed by atoms with E-state index < -0.39 is 5.60 Å². The first-order chi connectivity index (χ1) is 11.5. The lowest BCUT2D eigenvalue weighted by molar-refractivity contribution is 0.0565. The molecule has 0 bridgehead atoms. The third kappa shape index (κ3) is 3.27. The van der Waals surface area contributed by atoms with Gasteiger partial charge in [-0.05, 0) is 36.8 Å². The van der Waals surface area contributed by atoms with Gasteiger partial charge in [-0.2, -0.15) is 5.26 Å². The molecular weight excluding hydrogens is 307 g/mol. The molecule has 3 rings (SSSR count). The summed E-state index contributed by atoms with van der Waals surface area (Å²) in [5, 5.41) is 22.7. The first-order valence-electron chi connectivity index (χ1n) is 7.55. The molecule has 0 saturated heterocycles. The number of nitriles is 1. The smallest absolute Gasteiger partial charge is 0.137 e. The Kier molecular flexibility index (Phi) is 4.30. The number of benzene rings is 1. The Bertz CT molecular complexity index is 894. The fourth-order valence-electron chi connectivity index (χ4n) is 2.57. The topological polar surface area (TPSA) is 73.3 Å². The first kappa shape index (κ1) is 16.1. The van der Waals surface area contributed by atoms with Gasteiger partial charge < -0.3 is 14.8 Å². The molecule has 0 aliphatic carbocycles. The van der Waals surface area contributed by atoms with Crippen LogP contribution in [0.2, 0.25) is 0 Å². The van der Waals surface area contributed by atoms with Crippen LogP contribution in [0.4, 0.5) is 4.39 Å². The molecule has 5 nitrogen and oxygen atoms in total. The number of imidazole rings is 1. The highest BCUT2D eigenvalue weighted by Gasteiger charge is 2.22. The van der Waals surface area contributed by atoms with Crippen molar-refractivity contribution in [2.45, 2.75) is 19.1 Å². The van der Waals surface area contributed by atoms with Gasteiger partial charge in [-0.25, -0.2) is 9.37 Å². The Hall–Kier alpha value is -2.75. The molecule has 0 saturated carbocycles. The van der Waals surface area contributed by atoms with Crippen LogP contribution in [0.25, 0.3) is 5.65 Å². The number of fused-ring (bicyclic) bond motifs is 1. The van der Waals surface area contributed by atoms with E-state index in [4.69, 9.17) is 5.26 Å².